The first kappa shape index (κ1) is 14.8. The number of hydrogen-bond donors (Lipinski definition) is 3. The maximum Gasteiger partial charge on any atom is 0.0791 e. The first-order valence-corrected chi connectivity index (χ1v) is 5.92. The smallest absolute Gasteiger partial charge is 0.0791 e. The van der Waals surface area contributed by atoms with Crippen LogP contribution in [-0.2, 0) is 0 Å². The lowest BCUT2D eigenvalue weighted by Gasteiger charge is -2.23. The van der Waals surface area contributed by atoms with Gasteiger partial charge < -0.3 is 20.4 Å². The molecule has 2 unspecified atom stereocenters. The molecule has 0 fully saturated rings. The Kier molecular flexibility index (Phi) is 9.00. The molecule has 0 aromatic heterocycles. The Morgan fingerprint density at radius 3 is 2.20 bits per heavy atom. The molecular weight excluding hydrogens is 192 g/mol. The molecule has 15 heavy (non-hydrogen) atoms. The van der Waals surface area contributed by atoms with Crippen LogP contribution in [0.2, 0.25) is 0 Å². The fourth-order valence-electron chi connectivity index (χ4n) is 1.49. The highest BCUT2D eigenvalue weighted by atomic mass is 16.3. The number of nitrogens with one attached hydrogen (secondary N) is 1. The molecular formula is C11H26N2O2. The van der Waals surface area contributed by atoms with Crippen molar-refractivity contribution in [2.75, 3.05) is 32.8 Å². The van der Waals surface area contributed by atoms with Crippen molar-refractivity contribution in [1.82, 2.24) is 10.2 Å². The van der Waals surface area contributed by atoms with Crippen LogP contribution >= 0.6 is 0 Å². The van der Waals surface area contributed by atoms with Crippen molar-refractivity contribution in [3.8, 4) is 0 Å². The Bertz CT molecular complexity index is 137. The van der Waals surface area contributed by atoms with Crippen LogP contribution in [0.3, 0.4) is 0 Å². The second-order valence-corrected chi connectivity index (χ2v) is 3.84. The normalized spacial score (nSPS) is 15.6. The molecule has 4 nitrogen and oxygen atoms in total. The van der Waals surface area contributed by atoms with E-state index in [1.165, 1.54) is 0 Å². The first-order valence-electron chi connectivity index (χ1n) is 5.92. The van der Waals surface area contributed by atoms with Crippen LogP contribution in [-0.4, -0.2) is 60.0 Å². The van der Waals surface area contributed by atoms with E-state index in [0.29, 0.717) is 13.1 Å². The van der Waals surface area contributed by atoms with Gasteiger partial charge >= 0.3 is 0 Å². The number of rotatable bonds is 9. The first-order chi connectivity index (χ1) is 7.17. The van der Waals surface area contributed by atoms with Gasteiger partial charge in [0, 0.05) is 19.1 Å². The summed E-state index contributed by atoms with van der Waals surface area (Å²) < 4.78 is 0. The number of likely N-dealkylation sites (N-methyl/N-ethyl adjacent to an activating group) is 1. The van der Waals surface area contributed by atoms with E-state index in [1.54, 1.807) is 0 Å². The van der Waals surface area contributed by atoms with Crippen LogP contribution in [0.15, 0.2) is 0 Å². The third kappa shape index (κ3) is 6.84. The lowest BCUT2D eigenvalue weighted by Crippen LogP contribution is -2.42. The molecule has 0 aliphatic carbocycles. The van der Waals surface area contributed by atoms with Gasteiger partial charge in [0.15, 0.2) is 0 Å². The fraction of sp³-hybridized carbons (Fsp3) is 1.00. The van der Waals surface area contributed by atoms with Gasteiger partial charge in [0.25, 0.3) is 0 Å². The van der Waals surface area contributed by atoms with Crippen LogP contribution in [0.25, 0.3) is 0 Å². The van der Waals surface area contributed by atoms with E-state index in [2.05, 4.69) is 24.1 Å². The van der Waals surface area contributed by atoms with E-state index in [4.69, 9.17) is 5.11 Å². The van der Waals surface area contributed by atoms with Gasteiger partial charge in [-0.3, -0.25) is 0 Å². The molecule has 3 N–H and O–H groups in total. The van der Waals surface area contributed by atoms with E-state index in [-0.39, 0.29) is 18.8 Å². The predicted molar refractivity (Wildman–Crippen MR) is 63.0 cm³/mol. The average molecular weight is 218 g/mol. The monoisotopic (exact) mass is 218 g/mol. The van der Waals surface area contributed by atoms with Crippen molar-refractivity contribution in [2.24, 2.45) is 0 Å². The second-order valence-electron chi connectivity index (χ2n) is 3.84. The molecule has 0 aromatic carbocycles. The van der Waals surface area contributed by atoms with Crippen molar-refractivity contribution in [1.29, 1.82) is 0 Å². The number of aliphatic hydroxyl groups excluding tert-OH is 2. The minimum Gasteiger partial charge on any atom is -0.395 e. The van der Waals surface area contributed by atoms with Crippen LogP contribution in [0.5, 0.6) is 0 Å². The van der Waals surface area contributed by atoms with Crippen LogP contribution in [0, 0.1) is 0 Å². The molecule has 0 heterocycles. The molecule has 0 saturated heterocycles. The van der Waals surface area contributed by atoms with Gasteiger partial charge in [0.1, 0.15) is 0 Å². The zero-order valence-corrected chi connectivity index (χ0v) is 10.2. The average Bonchev–Trinajstić information content (AvgIpc) is 2.27. The Morgan fingerprint density at radius 2 is 1.80 bits per heavy atom. The summed E-state index contributed by atoms with van der Waals surface area (Å²) in [5, 5.41) is 21.8. The van der Waals surface area contributed by atoms with Crippen LogP contribution in [0.4, 0.5) is 0 Å². The fourth-order valence-corrected chi connectivity index (χ4v) is 1.49. The topological polar surface area (TPSA) is 55.7 Å². The summed E-state index contributed by atoms with van der Waals surface area (Å²) >= 11 is 0. The molecule has 0 amide bonds. The summed E-state index contributed by atoms with van der Waals surface area (Å²) in [6.45, 7) is 9.50. The molecule has 0 spiro atoms. The van der Waals surface area contributed by atoms with Gasteiger partial charge in [-0.05, 0) is 19.5 Å². The molecule has 0 radical (unpaired) electrons. The number of aliphatic hydroxyl groups is 2. The Balaban J connectivity index is 3.67. The third-order valence-electron chi connectivity index (χ3n) is 2.72. The van der Waals surface area contributed by atoms with E-state index in [0.717, 1.165) is 19.5 Å². The van der Waals surface area contributed by atoms with Gasteiger partial charge in [0.2, 0.25) is 0 Å². The van der Waals surface area contributed by atoms with E-state index < -0.39 is 0 Å². The van der Waals surface area contributed by atoms with Gasteiger partial charge in [-0.25, -0.2) is 0 Å². The molecule has 0 saturated carbocycles. The molecule has 0 aromatic rings. The summed E-state index contributed by atoms with van der Waals surface area (Å²) in [7, 11) is 0. The molecule has 0 rings (SSSR count). The summed E-state index contributed by atoms with van der Waals surface area (Å²) in [4.78, 5) is 2.19. The highest BCUT2D eigenvalue weighted by molar-refractivity contribution is 4.69. The third-order valence-corrected chi connectivity index (χ3v) is 2.72. The van der Waals surface area contributed by atoms with E-state index in [1.807, 2.05) is 6.92 Å². The SMILES string of the molecule is CCC(CO)NCC(O)CN(CC)CC. The van der Waals surface area contributed by atoms with E-state index >= 15 is 0 Å². The molecule has 0 bridgehead atoms. The summed E-state index contributed by atoms with van der Waals surface area (Å²) in [5.41, 5.74) is 0. The molecule has 92 valence electrons. The number of nitrogens with zero attached hydrogens (tertiary/aromatic N) is 1. The van der Waals surface area contributed by atoms with Crippen molar-refractivity contribution < 1.29 is 10.2 Å². The largest absolute Gasteiger partial charge is 0.395 e. The lowest BCUT2D eigenvalue weighted by molar-refractivity contribution is 0.109. The summed E-state index contributed by atoms with van der Waals surface area (Å²) in [5.74, 6) is 0. The minimum absolute atomic E-state index is 0.108. The van der Waals surface area contributed by atoms with Gasteiger partial charge in [0.05, 0.1) is 12.7 Å². The second kappa shape index (κ2) is 9.09. The summed E-state index contributed by atoms with van der Waals surface area (Å²) in [6, 6.07) is 0.108. The van der Waals surface area contributed by atoms with Gasteiger partial charge in [-0.1, -0.05) is 20.8 Å². The highest BCUT2D eigenvalue weighted by Gasteiger charge is 2.10. The van der Waals surface area contributed by atoms with E-state index in [9.17, 15) is 5.11 Å². The maximum atomic E-state index is 9.74. The van der Waals surface area contributed by atoms with Crippen LogP contribution < -0.4 is 5.32 Å². The standard InChI is InChI=1S/C11H26N2O2/c1-4-10(9-14)12-7-11(15)8-13(5-2)6-3/h10-12,14-15H,4-9H2,1-3H3. The van der Waals surface area contributed by atoms with Gasteiger partial charge in [-0.15, -0.1) is 0 Å². The zero-order chi connectivity index (χ0) is 11.7. The number of hydrogen-bond acceptors (Lipinski definition) is 4. The Morgan fingerprint density at radius 1 is 1.20 bits per heavy atom. The van der Waals surface area contributed by atoms with Crippen molar-refractivity contribution in [2.45, 2.75) is 39.3 Å². The lowest BCUT2D eigenvalue weighted by atomic mass is 10.2. The zero-order valence-electron chi connectivity index (χ0n) is 10.2. The van der Waals surface area contributed by atoms with Crippen molar-refractivity contribution in [3.05, 3.63) is 0 Å². The summed E-state index contributed by atoms with van der Waals surface area (Å²) in [6.07, 6.45) is 0.527. The predicted octanol–water partition coefficient (Wildman–Crippen LogP) is 0.0496. The quantitative estimate of drug-likeness (QED) is 0.512. The Hall–Kier alpha value is -0.160. The Labute approximate surface area is 93.3 Å². The molecule has 0 aliphatic rings. The maximum absolute atomic E-state index is 9.74. The molecule has 0 aliphatic heterocycles. The molecule has 2 atom stereocenters. The molecule has 4 heteroatoms. The van der Waals surface area contributed by atoms with Gasteiger partial charge in [-0.2, -0.15) is 0 Å². The van der Waals surface area contributed by atoms with Crippen LogP contribution in [0.1, 0.15) is 27.2 Å². The minimum atomic E-state index is -0.356. The van der Waals surface area contributed by atoms with Crippen molar-refractivity contribution >= 4 is 0 Å². The van der Waals surface area contributed by atoms with Crippen molar-refractivity contribution in [3.63, 3.8) is 0 Å². The highest BCUT2D eigenvalue weighted by Crippen LogP contribution is 1.93.